The molecule has 1 heterocycles. The standard InChI is InChI=1S/C24H26N2O3/c1-25(16-18-7-3-2-4-8-18)17-22-20-10-6-5-9-19(20)15-21(23(22)27)24(28)26-11-13-29-14-12-26/h2-10,15,27H,11-14,16-17H2,1H3. The Morgan fingerprint density at radius 3 is 2.48 bits per heavy atom. The molecular weight excluding hydrogens is 364 g/mol. The summed E-state index contributed by atoms with van der Waals surface area (Å²) in [5.74, 6) is -0.0522. The SMILES string of the molecule is CN(Cc1ccccc1)Cc1c(O)c(C(=O)N2CCOCC2)cc2ccccc12. The molecule has 4 rings (SSSR count). The van der Waals surface area contributed by atoms with E-state index < -0.39 is 0 Å². The van der Waals surface area contributed by atoms with Gasteiger partial charge in [-0.15, -0.1) is 0 Å². The van der Waals surface area contributed by atoms with Crippen LogP contribution in [0.1, 0.15) is 21.5 Å². The third-order valence-corrected chi connectivity index (χ3v) is 5.38. The molecule has 5 heteroatoms. The highest BCUT2D eigenvalue weighted by molar-refractivity contribution is 6.03. The number of ether oxygens (including phenoxy) is 1. The van der Waals surface area contributed by atoms with E-state index in [2.05, 4.69) is 17.0 Å². The van der Waals surface area contributed by atoms with E-state index in [1.54, 1.807) is 4.90 Å². The third-order valence-electron chi connectivity index (χ3n) is 5.38. The van der Waals surface area contributed by atoms with Crippen LogP contribution in [-0.2, 0) is 17.8 Å². The zero-order valence-electron chi connectivity index (χ0n) is 16.7. The first-order valence-electron chi connectivity index (χ1n) is 9.96. The molecule has 0 unspecified atom stereocenters. The Balaban J connectivity index is 1.68. The zero-order valence-corrected chi connectivity index (χ0v) is 16.7. The number of phenolic OH excluding ortho intramolecular Hbond substituents is 1. The molecule has 3 aromatic carbocycles. The highest BCUT2D eigenvalue weighted by Crippen LogP contribution is 2.33. The second-order valence-corrected chi connectivity index (χ2v) is 7.53. The summed E-state index contributed by atoms with van der Waals surface area (Å²) in [5.41, 5.74) is 2.37. The number of amides is 1. The van der Waals surface area contributed by atoms with Gasteiger partial charge in [0.2, 0.25) is 0 Å². The fraction of sp³-hybridized carbons (Fsp3) is 0.292. The molecule has 3 aromatic rings. The quantitative estimate of drug-likeness (QED) is 0.723. The Morgan fingerprint density at radius 1 is 1.03 bits per heavy atom. The van der Waals surface area contributed by atoms with Gasteiger partial charge >= 0.3 is 0 Å². The van der Waals surface area contributed by atoms with Crippen LogP contribution in [0.5, 0.6) is 5.75 Å². The molecule has 0 saturated carbocycles. The van der Waals surface area contributed by atoms with Crippen LogP contribution in [0.2, 0.25) is 0 Å². The van der Waals surface area contributed by atoms with Gasteiger partial charge in [-0.2, -0.15) is 0 Å². The Kier molecular flexibility index (Phi) is 5.79. The van der Waals surface area contributed by atoms with Crippen molar-refractivity contribution in [2.75, 3.05) is 33.4 Å². The van der Waals surface area contributed by atoms with Gasteiger partial charge in [0.25, 0.3) is 5.91 Å². The van der Waals surface area contributed by atoms with Gasteiger partial charge in [-0.3, -0.25) is 9.69 Å². The Bertz CT molecular complexity index is 998. The molecule has 150 valence electrons. The number of hydrogen-bond donors (Lipinski definition) is 1. The van der Waals surface area contributed by atoms with Crippen LogP contribution < -0.4 is 0 Å². The van der Waals surface area contributed by atoms with Crippen molar-refractivity contribution in [1.82, 2.24) is 9.80 Å². The summed E-state index contributed by atoms with van der Waals surface area (Å²) in [6, 6.07) is 20.0. The number of rotatable bonds is 5. The summed E-state index contributed by atoms with van der Waals surface area (Å²) >= 11 is 0. The van der Waals surface area contributed by atoms with Crippen molar-refractivity contribution < 1.29 is 14.6 Å². The van der Waals surface area contributed by atoms with E-state index in [9.17, 15) is 9.90 Å². The second kappa shape index (κ2) is 8.64. The zero-order chi connectivity index (χ0) is 20.2. The molecule has 0 aromatic heterocycles. The first-order chi connectivity index (χ1) is 14.1. The van der Waals surface area contributed by atoms with E-state index >= 15 is 0 Å². The predicted octanol–water partition coefficient (Wildman–Crippen LogP) is 3.65. The summed E-state index contributed by atoms with van der Waals surface area (Å²) in [6.45, 7) is 3.48. The maximum absolute atomic E-state index is 13.1. The summed E-state index contributed by atoms with van der Waals surface area (Å²) in [4.78, 5) is 17.0. The van der Waals surface area contributed by atoms with Crippen molar-refractivity contribution in [3.05, 3.63) is 77.4 Å². The molecule has 1 N–H and O–H groups in total. The molecule has 0 atom stereocenters. The number of hydrogen-bond acceptors (Lipinski definition) is 4. The lowest BCUT2D eigenvalue weighted by atomic mass is 9.98. The van der Waals surface area contributed by atoms with Gasteiger partial charge in [0.05, 0.1) is 18.8 Å². The molecule has 5 nitrogen and oxygen atoms in total. The van der Waals surface area contributed by atoms with Crippen molar-refractivity contribution in [2.24, 2.45) is 0 Å². The van der Waals surface area contributed by atoms with Crippen molar-refractivity contribution in [3.8, 4) is 5.75 Å². The average Bonchev–Trinajstić information content (AvgIpc) is 2.76. The van der Waals surface area contributed by atoms with Crippen LogP contribution >= 0.6 is 0 Å². The molecule has 0 bridgehead atoms. The topological polar surface area (TPSA) is 53.0 Å². The number of fused-ring (bicyclic) bond motifs is 1. The van der Waals surface area contributed by atoms with Crippen LogP contribution in [0.3, 0.4) is 0 Å². The molecule has 29 heavy (non-hydrogen) atoms. The number of phenols is 1. The highest BCUT2D eigenvalue weighted by atomic mass is 16.5. The second-order valence-electron chi connectivity index (χ2n) is 7.53. The number of nitrogens with zero attached hydrogens (tertiary/aromatic N) is 2. The Hall–Kier alpha value is -2.89. The van der Waals surface area contributed by atoms with E-state index in [1.807, 2.05) is 55.6 Å². The van der Waals surface area contributed by atoms with E-state index in [1.165, 1.54) is 5.56 Å². The minimum atomic E-state index is -0.136. The molecular formula is C24H26N2O3. The number of carbonyl (C=O) groups is 1. The van der Waals surface area contributed by atoms with Crippen LogP contribution in [0.4, 0.5) is 0 Å². The normalized spacial score (nSPS) is 14.5. The van der Waals surface area contributed by atoms with E-state index in [-0.39, 0.29) is 11.7 Å². The van der Waals surface area contributed by atoms with Crippen molar-refractivity contribution in [2.45, 2.75) is 13.1 Å². The molecule has 1 fully saturated rings. The fourth-order valence-corrected chi connectivity index (χ4v) is 3.89. The monoisotopic (exact) mass is 390 g/mol. The first-order valence-corrected chi connectivity index (χ1v) is 9.96. The van der Waals surface area contributed by atoms with Crippen LogP contribution in [0.15, 0.2) is 60.7 Å². The van der Waals surface area contributed by atoms with E-state index in [4.69, 9.17) is 4.74 Å². The summed E-state index contributed by atoms with van der Waals surface area (Å²) < 4.78 is 5.36. The van der Waals surface area contributed by atoms with Gasteiger partial charge in [-0.1, -0.05) is 54.6 Å². The number of aromatic hydroxyl groups is 1. The average molecular weight is 390 g/mol. The summed E-state index contributed by atoms with van der Waals surface area (Å²) in [5, 5.41) is 13.0. The van der Waals surface area contributed by atoms with Gasteiger partial charge < -0.3 is 14.7 Å². The van der Waals surface area contributed by atoms with Crippen molar-refractivity contribution >= 4 is 16.7 Å². The molecule has 1 aliphatic heterocycles. The maximum atomic E-state index is 13.1. The van der Waals surface area contributed by atoms with E-state index in [0.29, 0.717) is 38.4 Å². The smallest absolute Gasteiger partial charge is 0.257 e. The highest BCUT2D eigenvalue weighted by Gasteiger charge is 2.24. The predicted molar refractivity (Wildman–Crippen MR) is 114 cm³/mol. The lowest BCUT2D eigenvalue weighted by molar-refractivity contribution is 0.0301. The third kappa shape index (κ3) is 4.26. The lowest BCUT2D eigenvalue weighted by Gasteiger charge is -2.28. The number of benzene rings is 3. The van der Waals surface area contributed by atoms with Crippen LogP contribution in [0, 0.1) is 0 Å². The van der Waals surface area contributed by atoms with Gasteiger partial charge in [0, 0.05) is 31.7 Å². The minimum Gasteiger partial charge on any atom is -0.507 e. The summed E-state index contributed by atoms with van der Waals surface area (Å²) in [6.07, 6.45) is 0. The van der Waals surface area contributed by atoms with Crippen LogP contribution in [0.25, 0.3) is 10.8 Å². The largest absolute Gasteiger partial charge is 0.507 e. The van der Waals surface area contributed by atoms with Crippen molar-refractivity contribution in [3.63, 3.8) is 0 Å². The van der Waals surface area contributed by atoms with Crippen LogP contribution in [-0.4, -0.2) is 54.2 Å². The molecule has 0 aliphatic carbocycles. The fourth-order valence-electron chi connectivity index (χ4n) is 3.89. The van der Waals surface area contributed by atoms with E-state index in [0.717, 1.165) is 22.9 Å². The van der Waals surface area contributed by atoms with Gasteiger partial charge in [-0.05, 0) is 29.4 Å². The van der Waals surface area contributed by atoms with Gasteiger partial charge in [0.1, 0.15) is 5.75 Å². The molecule has 0 spiro atoms. The summed E-state index contributed by atoms with van der Waals surface area (Å²) in [7, 11) is 2.03. The molecule has 1 aliphatic rings. The Morgan fingerprint density at radius 2 is 1.72 bits per heavy atom. The lowest BCUT2D eigenvalue weighted by Crippen LogP contribution is -2.40. The number of carbonyl (C=O) groups excluding carboxylic acids is 1. The molecule has 1 saturated heterocycles. The molecule has 0 radical (unpaired) electrons. The Labute approximate surface area is 171 Å². The van der Waals surface area contributed by atoms with Gasteiger partial charge in [0.15, 0.2) is 0 Å². The van der Waals surface area contributed by atoms with Crippen molar-refractivity contribution in [1.29, 1.82) is 0 Å². The molecule has 1 amide bonds. The first kappa shape index (κ1) is 19.4. The number of morpholine rings is 1. The van der Waals surface area contributed by atoms with Gasteiger partial charge in [-0.25, -0.2) is 0 Å². The minimum absolute atomic E-state index is 0.0834. The maximum Gasteiger partial charge on any atom is 0.257 e.